The van der Waals surface area contributed by atoms with Gasteiger partial charge in [-0.25, -0.2) is 0 Å². The molecule has 0 aliphatic carbocycles. The van der Waals surface area contributed by atoms with Crippen LogP contribution in [0.2, 0.25) is 0 Å². The Morgan fingerprint density at radius 1 is 1.42 bits per heavy atom. The predicted molar refractivity (Wildman–Crippen MR) is 91.0 cm³/mol. The van der Waals surface area contributed by atoms with Gasteiger partial charge in [0.25, 0.3) is 0 Å². The van der Waals surface area contributed by atoms with Crippen LogP contribution >= 0.6 is 0 Å². The standard InChI is InChI=1S/C8H5F3N2.C7H10N2O2.C2H6/c9-8(10,11)7-3-6(13)2-1-5(7)4-12;1-6-2-8-9(3-6)4-7(11)5-10;1-2/h1-3H,13H2;2-3,5,7,11H,4H2,1H3;1-2H3/t;7-;/m.0./s1. The largest absolute Gasteiger partial charge is 0.417 e. The highest BCUT2D eigenvalue weighted by Gasteiger charge is 2.33. The third kappa shape index (κ3) is 7.81. The Bertz CT molecular complexity index is 736. The molecule has 0 aliphatic heterocycles. The number of nitrogens with two attached hydrogens (primary N) is 1. The van der Waals surface area contributed by atoms with Crippen molar-refractivity contribution in [1.29, 1.82) is 5.26 Å². The average molecular weight is 370 g/mol. The zero-order valence-electron chi connectivity index (χ0n) is 14.7. The van der Waals surface area contributed by atoms with Crippen LogP contribution in [0.4, 0.5) is 18.9 Å². The molecule has 0 spiro atoms. The van der Waals surface area contributed by atoms with Gasteiger partial charge >= 0.3 is 6.18 Å². The van der Waals surface area contributed by atoms with Crippen LogP contribution in [-0.2, 0) is 17.5 Å². The lowest BCUT2D eigenvalue weighted by Crippen LogP contribution is -2.17. The van der Waals surface area contributed by atoms with Gasteiger partial charge in [-0.3, -0.25) is 4.68 Å². The van der Waals surface area contributed by atoms with E-state index in [1.807, 2.05) is 20.8 Å². The van der Waals surface area contributed by atoms with E-state index in [2.05, 4.69) is 5.10 Å². The fraction of sp³-hybridized carbons (Fsp3) is 0.353. The lowest BCUT2D eigenvalue weighted by molar-refractivity contribution is -0.137. The quantitative estimate of drug-likeness (QED) is 0.638. The maximum absolute atomic E-state index is 12.2. The molecule has 1 aromatic carbocycles. The number of carbonyl (C=O) groups is 1. The highest BCUT2D eigenvalue weighted by atomic mass is 19.4. The fourth-order valence-corrected chi connectivity index (χ4v) is 1.70. The third-order valence-corrected chi connectivity index (χ3v) is 2.76. The molecule has 1 atom stereocenters. The number of aliphatic hydroxyl groups is 1. The Labute approximate surface area is 149 Å². The molecule has 0 bridgehead atoms. The van der Waals surface area contributed by atoms with Crippen molar-refractivity contribution in [2.75, 3.05) is 5.73 Å². The first-order valence-electron chi connectivity index (χ1n) is 7.66. The fourth-order valence-electron chi connectivity index (χ4n) is 1.70. The number of nitrogen functional groups attached to an aromatic ring is 1. The lowest BCUT2D eigenvalue weighted by Gasteiger charge is -2.08. The minimum absolute atomic E-state index is 0.00803. The molecule has 0 amide bonds. The molecule has 0 radical (unpaired) electrons. The Kier molecular flexibility index (Phi) is 9.69. The van der Waals surface area contributed by atoms with Gasteiger partial charge < -0.3 is 15.6 Å². The first kappa shape index (κ1) is 23.1. The molecule has 1 heterocycles. The summed E-state index contributed by atoms with van der Waals surface area (Å²) in [5.41, 5.74) is 4.77. The number of alkyl halides is 3. The van der Waals surface area contributed by atoms with Crippen molar-refractivity contribution in [3.8, 4) is 6.07 Å². The number of aliphatic hydroxyl groups excluding tert-OH is 1. The molecule has 3 N–H and O–H groups in total. The van der Waals surface area contributed by atoms with Crippen LogP contribution in [0, 0.1) is 18.3 Å². The van der Waals surface area contributed by atoms with Crippen LogP contribution in [0.3, 0.4) is 0 Å². The second kappa shape index (κ2) is 10.9. The molecule has 0 saturated heterocycles. The van der Waals surface area contributed by atoms with E-state index in [4.69, 9.17) is 16.1 Å². The monoisotopic (exact) mass is 370 g/mol. The van der Waals surface area contributed by atoms with Gasteiger partial charge in [-0.2, -0.15) is 23.5 Å². The smallest absolute Gasteiger partial charge is 0.399 e. The van der Waals surface area contributed by atoms with E-state index in [-0.39, 0.29) is 12.2 Å². The second-order valence-electron chi connectivity index (χ2n) is 4.86. The SMILES string of the molecule is CC.Cc1cnn(C[C@H](O)C=O)c1.N#Cc1ccc(N)cc1C(F)(F)F. The van der Waals surface area contributed by atoms with Gasteiger partial charge in [0.2, 0.25) is 0 Å². The van der Waals surface area contributed by atoms with Crippen LogP contribution in [-0.4, -0.2) is 27.3 Å². The third-order valence-electron chi connectivity index (χ3n) is 2.76. The Balaban J connectivity index is 0.000000444. The molecule has 0 fully saturated rings. The number of benzene rings is 1. The zero-order valence-corrected chi connectivity index (χ0v) is 14.7. The Morgan fingerprint density at radius 2 is 2.04 bits per heavy atom. The number of aldehydes is 1. The number of aromatic nitrogens is 2. The van der Waals surface area contributed by atoms with E-state index in [0.29, 0.717) is 6.29 Å². The second-order valence-corrected chi connectivity index (χ2v) is 4.86. The van der Waals surface area contributed by atoms with Gasteiger partial charge in [0, 0.05) is 11.9 Å². The van der Waals surface area contributed by atoms with Gasteiger partial charge in [0.15, 0.2) is 0 Å². The first-order chi connectivity index (χ1) is 12.2. The number of aryl methyl sites for hydroxylation is 1. The summed E-state index contributed by atoms with van der Waals surface area (Å²) in [4.78, 5) is 10.0. The highest BCUT2D eigenvalue weighted by molar-refractivity contribution is 5.55. The van der Waals surface area contributed by atoms with Gasteiger partial charge in [-0.15, -0.1) is 0 Å². The summed E-state index contributed by atoms with van der Waals surface area (Å²) < 4.78 is 38.2. The molecule has 0 unspecified atom stereocenters. The molecule has 6 nitrogen and oxygen atoms in total. The summed E-state index contributed by atoms with van der Waals surface area (Å²) in [6.45, 7) is 6.13. The molecule has 0 saturated carbocycles. The molecular formula is C17H21F3N4O2. The van der Waals surface area contributed by atoms with Crippen LogP contribution in [0.15, 0.2) is 30.6 Å². The summed E-state index contributed by atoms with van der Waals surface area (Å²) in [7, 11) is 0. The lowest BCUT2D eigenvalue weighted by atomic mass is 10.1. The minimum atomic E-state index is -4.53. The van der Waals surface area contributed by atoms with Crippen LogP contribution in [0.5, 0.6) is 0 Å². The zero-order chi connectivity index (χ0) is 20.3. The maximum atomic E-state index is 12.2. The van der Waals surface area contributed by atoms with E-state index >= 15 is 0 Å². The van der Waals surface area contributed by atoms with Gasteiger partial charge in [-0.05, 0) is 30.7 Å². The number of hydrogen-bond acceptors (Lipinski definition) is 5. The molecule has 26 heavy (non-hydrogen) atoms. The molecule has 0 aliphatic rings. The topological polar surface area (TPSA) is 105 Å². The number of hydrogen-bond donors (Lipinski definition) is 2. The van der Waals surface area contributed by atoms with E-state index in [1.165, 1.54) is 16.8 Å². The van der Waals surface area contributed by atoms with E-state index < -0.39 is 23.4 Å². The van der Waals surface area contributed by atoms with Crippen LogP contribution in [0.1, 0.15) is 30.5 Å². The van der Waals surface area contributed by atoms with Gasteiger partial charge in [0.05, 0.1) is 29.9 Å². The molecule has 9 heteroatoms. The summed E-state index contributed by atoms with van der Waals surface area (Å²) >= 11 is 0. The summed E-state index contributed by atoms with van der Waals surface area (Å²) in [5, 5.41) is 21.2. The van der Waals surface area contributed by atoms with Crippen molar-refractivity contribution in [2.45, 2.75) is 39.6 Å². The minimum Gasteiger partial charge on any atom is -0.399 e. The molecule has 142 valence electrons. The highest BCUT2D eigenvalue weighted by Crippen LogP contribution is 2.32. The van der Waals surface area contributed by atoms with Gasteiger partial charge in [0.1, 0.15) is 12.4 Å². The number of carbonyl (C=O) groups excluding carboxylic acids is 1. The van der Waals surface area contributed by atoms with Crippen molar-refractivity contribution in [2.24, 2.45) is 0 Å². The molecular weight excluding hydrogens is 349 g/mol. The van der Waals surface area contributed by atoms with Crippen molar-refractivity contribution in [1.82, 2.24) is 9.78 Å². The van der Waals surface area contributed by atoms with Crippen LogP contribution < -0.4 is 5.73 Å². The summed E-state index contributed by atoms with van der Waals surface area (Å²) in [5.74, 6) is 0. The Hall–Kier alpha value is -2.86. The number of halogens is 3. The number of anilines is 1. The maximum Gasteiger partial charge on any atom is 0.417 e. The van der Waals surface area contributed by atoms with Crippen molar-refractivity contribution >= 4 is 12.0 Å². The summed E-state index contributed by atoms with van der Waals surface area (Å²) in [6.07, 6.45) is -1.53. The van der Waals surface area contributed by atoms with Crippen molar-refractivity contribution < 1.29 is 23.1 Å². The summed E-state index contributed by atoms with van der Waals surface area (Å²) in [6, 6.07) is 4.51. The normalized spacial score (nSPS) is 11.2. The average Bonchev–Trinajstić information content (AvgIpc) is 3.01. The molecule has 1 aromatic heterocycles. The molecule has 2 rings (SSSR count). The Morgan fingerprint density at radius 3 is 2.46 bits per heavy atom. The molecule has 2 aromatic rings. The van der Waals surface area contributed by atoms with Crippen molar-refractivity contribution in [3.63, 3.8) is 0 Å². The van der Waals surface area contributed by atoms with E-state index in [9.17, 15) is 18.0 Å². The predicted octanol–water partition coefficient (Wildman–Crippen LogP) is 2.94. The number of nitriles is 1. The van der Waals surface area contributed by atoms with Gasteiger partial charge in [-0.1, -0.05) is 13.8 Å². The van der Waals surface area contributed by atoms with E-state index in [0.717, 1.165) is 17.7 Å². The number of rotatable bonds is 3. The first-order valence-corrected chi connectivity index (χ1v) is 7.66. The van der Waals surface area contributed by atoms with Crippen LogP contribution in [0.25, 0.3) is 0 Å². The van der Waals surface area contributed by atoms with Crippen molar-refractivity contribution in [3.05, 3.63) is 47.3 Å². The van der Waals surface area contributed by atoms with E-state index in [1.54, 1.807) is 12.4 Å². The number of nitrogens with zero attached hydrogens (tertiary/aromatic N) is 3.